The molecule has 0 aromatic carbocycles. The molecule has 0 radical (unpaired) electrons. The summed E-state index contributed by atoms with van der Waals surface area (Å²) in [5.74, 6) is 0.496. The molecule has 3 aromatic heterocycles. The van der Waals surface area contributed by atoms with Gasteiger partial charge in [-0.3, -0.25) is 18.3 Å². The highest BCUT2D eigenvalue weighted by Crippen LogP contribution is 2.28. The first-order valence-electron chi connectivity index (χ1n) is 10.1. The molecule has 1 fully saturated rings. The summed E-state index contributed by atoms with van der Waals surface area (Å²) in [6.45, 7) is 3.85. The number of aromatic nitrogens is 5. The molecule has 1 N–H and O–H groups in total. The maximum atomic E-state index is 12.8. The minimum Gasteiger partial charge on any atom is -0.351 e. The molecule has 0 spiro atoms. The lowest BCUT2D eigenvalue weighted by Crippen LogP contribution is -2.31. The van der Waals surface area contributed by atoms with Crippen LogP contribution in [0.15, 0.2) is 34.3 Å². The minimum absolute atomic E-state index is 0.0701. The second kappa shape index (κ2) is 8.47. The summed E-state index contributed by atoms with van der Waals surface area (Å²) < 4.78 is 16.0. The number of hydrogen-bond acceptors (Lipinski definition) is 6. The molecule has 0 bridgehead atoms. The molecule has 3 aromatic rings. The first-order chi connectivity index (χ1) is 14.3. The highest BCUT2D eigenvalue weighted by atomic mass is 35.5. The van der Waals surface area contributed by atoms with Gasteiger partial charge in [0.05, 0.1) is 21.9 Å². The van der Waals surface area contributed by atoms with E-state index < -0.39 is 10.8 Å². The number of anilines is 1. The van der Waals surface area contributed by atoms with E-state index in [-0.39, 0.29) is 27.9 Å². The van der Waals surface area contributed by atoms with Crippen molar-refractivity contribution in [2.45, 2.75) is 61.8 Å². The second-order valence-electron chi connectivity index (χ2n) is 8.00. The number of pyridine rings is 1. The Bertz CT molecular complexity index is 1150. The molecule has 1 atom stereocenters. The Balaban J connectivity index is 1.48. The quantitative estimate of drug-likeness (QED) is 0.643. The van der Waals surface area contributed by atoms with Crippen molar-refractivity contribution in [2.75, 3.05) is 5.32 Å². The van der Waals surface area contributed by atoms with E-state index in [4.69, 9.17) is 11.6 Å². The zero-order valence-corrected chi connectivity index (χ0v) is 18.8. The zero-order chi connectivity index (χ0) is 21.4. The lowest BCUT2D eigenvalue weighted by Gasteiger charge is -2.28. The Morgan fingerprint density at radius 3 is 2.60 bits per heavy atom. The van der Waals surface area contributed by atoms with Gasteiger partial charge < -0.3 is 5.32 Å². The second-order valence-corrected chi connectivity index (χ2v) is 10.1. The predicted octanol–water partition coefficient (Wildman–Crippen LogP) is 3.29. The number of aryl methyl sites for hydroxylation is 1. The van der Waals surface area contributed by atoms with Gasteiger partial charge in [0.25, 0.3) is 5.56 Å². The van der Waals surface area contributed by atoms with Gasteiger partial charge in [0.2, 0.25) is 5.95 Å². The number of hydrogen-bond donors (Lipinski definition) is 1. The number of halogens is 1. The van der Waals surface area contributed by atoms with Crippen molar-refractivity contribution in [3.05, 3.63) is 40.0 Å². The lowest BCUT2D eigenvalue weighted by molar-refractivity contribution is 0.463. The van der Waals surface area contributed by atoms with Gasteiger partial charge in [-0.05, 0) is 45.6 Å². The standard InChI is InChI=1S/C20H25ClN6O2S/c1-12(2)27-18-13(8-17(21)19(27)28)9-22-20(25-18)24-14-4-6-15(7-5-14)30(29)16-10-23-26(3)11-16/h8-12,14-15H,4-7H2,1-3H3,(H,22,24,25). The number of fused-ring (bicyclic) bond motifs is 1. The van der Waals surface area contributed by atoms with Gasteiger partial charge in [-0.1, -0.05) is 11.6 Å². The molecule has 30 heavy (non-hydrogen) atoms. The number of nitrogens with zero attached hydrogens (tertiary/aromatic N) is 5. The fourth-order valence-electron chi connectivity index (χ4n) is 3.93. The Labute approximate surface area is 182 Å². The third-order valence-electron chi connectivity index (χ3n) is 5.47. The van der Waals surface area contributed by atoms with Gasteiger partial charge in [0.1, 0.15) is 10.7 Å². The Hall–Kier alpha value is -2.26. The summed E-state index contributed by atoms with van der Waals surface area (Å²) in [5.41, 5.74) is 0.325. The molecular weight excluding hydrogens is 424 g/mol. The third-order valence-corrected chi connectivity index (χ3v) is 7.49. The van der Waals surface area contributed by atoms with E-state index in [0.29, 0.717) is 11.6 Å². The third kappa shape index (κ3) is 4.13. The van der Waals surface area contributed by atoms with E-state index in [1.807, 2.05) is 27.1 Å². The number of nitrogens with one attached hydrogen (secondary N) is 1. The Kier molecular flexibility index (Phi) is 5.92. The van der Waals surface area contributed by atoms with Gasteiger partial charge in [0.15, 0.2) is 0 Å². The highest BCUT2D eigenvalue weighted by molar-refractivity contribution is 7.85. The van der Waals surface area contributed by atoms with E-state index in [9.17, 15) is 9.00 Å². The van der Waals surface area contributed by atoms with Crippen LogP contribution >= 0.6 is 11.6 Å². The van der Waals surface area contributed by atoms with Crippen molar-refractivity contribution in [2.24, 2.45) is 7.05 Å². The van der Waals surface area contributed by atoms with E-state index in [2.05, 4.69) is 20.4 Å². The molecule has 1 unspecified atom stereocenters. The first kappa shape index (κ1) is 21.0. The minimum atomic E-state index is -1.04. The summed E-state index contributed by atoms with van der Waals surface area (Å²) in [6.07, 6.45) is 8.69. The molecule has 1 saturated carbocycles. The molecule has 1 aliphatic rings. The van der Waals surface area contributed by atoms with E-state index in [0.717, 1.165) is 36.0 Å². The average Bonchev–Trinajstić information content (AvgIpc) is 3.15. The largest absolute Gasteiger partial charge is 0.351 e. The summed E-state index contributed by atoms with van der Waals surface area (Å²) in [5, 5.41) is 8.55. The molecule has 0 aliphatic heterocycles. The van der Waals surface area contributed by atoms with Crippen molar-refractivity contribution < 1.29 is 4.21 Å². The fourth-order valence-corrected chi connectivity index (χ4v) is 5.64. The van der Waals surface area contributed by atoms with Gasteiger partial charge in [-0.2, -0.15) is 10.1 Å². The van der Waals surface area contributed by atoms with E-state index >= 15 is 0 Å². The lowest BCUT2D eigenvalue weighted by atomic mass is 9.95. The summed E-state index contributed by atoms with van der Waals surface area (Å²) in [7, 11) is 0.796. The molecule has 4 rings (SSSR count). The van der Waals surface area contributed by atoms with Crippen LogP contribution in [0.3, 0.4) is 0 Å². The van der Waals surface area contributed by atoms with Crippen LogP contribution in [0.25, 0.3) is 11.0 Å². The van der Waals surface area contributed by atoms with Crippen LogP contribution in [-0.2, 0) is 17.8 Å². The van der Waals surface area contributed by atoms with Crippen molar-refractivity contribution in [3.63, 3.8) is 0 Å². The highest BCUT2D eigenvalue weighted by Gasteiger charge is 2.27. The van der Waals surface area contributed by atoms with Crippen molar-refractivity contribution in [3.8, 4) is 0 Å². The Morgan fingerprint density at radius 1 is 1.23 bits per heavy atom. The van der Waals surface area contributed by atoms with Gasteiger partial charge >= 0.3 is 0 Å². The van der Waals surface area contributed by atoms with Crippen molar-refractivity contribution in [1.29, 1.82) is 0 Å². The molecule has 3 heterocycles. The Morgan fingerprint density at radius 2 is 1.97 bits per heavy atom. The van der Waals surface area contributed by atoms with E-state index in [1.54, 1.807) is 27.7 Å². The molecule has 160 valence electrons. The fraction of sp³-hybridized carbons (Fsp3) is 0.500. The molecule has 1 aliphatic carbocycles. The topological polar surface area (TPSA) is 94.7 Å². The smallest absolute Gasteiger partial charge is 0.271 e. The first-order valence-corrected chi connectivity index (χ1v) is 11.7. The van der Waals surface area contributed by atoms with Gasteiger partial charge in [-0.25, -0.2) is 4.98 Å². The predicted molar refractivity (Wildman–Crippen MR) is 118 cm³/mol. The maximum Gasteiger partial charge on any atom is 0.271 e. The number of rotatable bonds is 5. The average molecular weight is 449 g/mol. The molecular formula is C20H25ClN6O2S. The van der Waals surface area contributed by atoms with Gasteiger partial charge in [0, 0.05) is 42.2 Å². The normalized spacial score (nSPS) is 20.6. The van der Waals surface area contributed by atoms with Crippen LogP contribution in [0, 0.1) is 0 Å². The van der Waals surface area contributed by atoms with Crippen LogP contribution in [0.4, 0.5) is 5.95 Å². The molecule has 8 nitrogen and oxygen atoms in total. The maximum absolute atomic E-state index is 12.8. The monoisotopic (exact) mass is 448 g/mol. The molecule has 10 heteroatoms. The van der Waals surface area contributed by atoms with Crippen molar-refractivity contribution >= 4 is 39.4 Å². The summed E-state index contributed by atoms with van der Waals surface area (Å²) >= 11 is 6.08. The van der Waals surface area contributed by atoms with Crippen LogP contribution in [0.5, 0.6) is 0 Å². The van der Waals surface area contributed by atoms with Crippen LogP contribution in [0.2, 0.25) is 5.02 Å². The van der Waals surface area contributed by atoms with Crippen molar-refractivity contribution in [1.82, 2.24) is 24.3 Å². The SMILES string of the molecule is CC(C)n1c(=O)c(Cl)cc2cnc(NC3CCC(S(=O)c4cnn(C)c4)CC3)nc21. The van der Waals surface area contributed by atoms with Crippen LogP contribution < -0.4 is 10.9 Å². The van der Waals surface area contributed by atoms with Crippen LogP contribution in [0.1, 0.15) is 45.6 Å². The summed E-state index contributed by atoms with van der Waals surface area (Å²) in [6, 6.07) is 1.75. The molecule has 0 saturated heterocycles. The summed E-state index contributed by atoms with van der Waals surface area (Å²) in [4.78, 5) is 22.3. The molecule has 0 amide bonds. The zero-order valence-electron chi connectivity index (χ0n) is 17.2. The van der Waals surface area contributed by atoms with E-state index in [1.165, 1.54) is 0 Å². The van der Waals surface area contributed by atoms with Gasteiger partial charge in [-0.15, -0.1) is 0 Å². The van der Waals surface area contributed by atoms with Crippen LogP contribution in [-0.4, -0.2) is 39.8 Å².